The quantitative estimate of drug-likeness (QED) is 0.175. The Hall–Kier alpha value is -7.41. The van der Waals surface area contributed by atoms with E-state index < -0.39 is 0 Å². The van der Waals surface area contributed by atoms with Gasteiger partial charge in [-0.3, -0.25) is 0 Å². The van der Waals surface area contributed by atoms with Crippen LogP contribution in [0.1, 0.15) is 0 Å². The molecule has 4 aromatic heterocycles. The maximum Gasteiger partial charge on any atom is 0.164 e. The van der Waals surface area contributed by atoms with Crippen molar-refractivity contribution in [3.63, 3.8) is 0 Å². The summed E-state index contributed by atoms with van der Waals surface area (Å²) in [5.74, 6) is 1.82. The van der Waals surface area contributed by atoms with Gasteiger partial charge < -0.3 is 8.83 Å². The number of hydrogen-bond acceptors (Lipinski definition) is 6. The van der Waals surface area contributed by atoms with Crippen molar-refractivity contribution in [3.05, 3.63) is 176 Å². The molecule has 5 nitrogen and oxygen atoms in total. The van der Waals surface area contributed by atoms with E-state index in [-0.39, 0.29) is 0 Å². The number of rotatable bonds is 5. The summed E-state index contributed by atoms with van der Waals surface area (Å²) < 4.78 is 16.2. The molecule has 0 aliphatic heterocycles. The van der Waals surface area contributed by atoms with Crippen molar-refractivity contribution in [1.82, 2.24) is 15.0 Å². The van der Waals surface area contributed by atoms with Gasteiger partial charge in [-0.15, -0.1) is 11.3 Å². The van der Waals surface area contributed by atoms with Crippen LogP contribution in [0.5, 0.6) is 0 Å². The topological polar surface area (TPSA) is 65.0 Å². The summed E-state index contributed by atoms with van der Waals surface area (Å²) in [6.45, 7) is 0. The van der Waals surface area contributed by atoms with E-state index in [4.69, 9.17) is 23.8 Å². The van der Waals surface area contributed by atoms with Gasteiger partial charge in [-0.05, 0) is 47.5 Å². The van der Waals surface area contributed by atoms with Crippen LogP contribution >= 0.6 is 11.3 Å². The van der Waals surface area contributed by atoms with Crippen LogP contribution in [0.2, 0.25) is 0 Å². The SMILES string of the molecule is c1ccc(-c2nc(-c3ccccc3)nc(-c3ccc4c(c3)oc3c(-c5ccc(-c6cccc7sc8ccccc8c67)c6c5oc5ccccc56)cccc34)n2)cc1. The molecule has 0 unspecified atom stereocenters. The zero-order chi connectivity index (χ0) is 37.5. The van der Waals surface area contributed by atoms with Crippen LogP contribution in [0.4, 0.5) is 0 Å². The van der Waals surface area contributed by atoms with Crippen molar-refractivity contribution in [3.8, 4) is 56.4 Å². The molecule has 0 N–H and O–H groups in total. The predicted octanol–water partition coefficient (Wildman–Crippen LogP) is 14.4. The van der Waals surface area contributed by atoms with Crippen LogP contribution in [0.15, 0.2) is 185 Å². The number of fused-ring (bicyclic) bond motifs is 9. The van der Waals surface area contributed by atoms with E-state index in [1.165, 1.54) is 25.7 Å². The van der Waals surface area contributed by atoms with Crippen LogP contribution in [-0.4, -0.2) is 15.0 Å². The number of benzene rings is 8. The number of hydrogen-bond donors (Lipinski definition) is 0. The first kappa shape index (κ1) is 31.9. The molecule has 12 rings (SSSR count). The minimum atomic E-state index is 0.582. The van der Waals surface area contributed by atoms with Gasteiger partial charge in [0.15, 0.2) is 17.5 Å². The van der Waals surface area contributed by atoms with E-state index in [2.05, 4.69) is 103 Å². The highest BCUT2D eigenvalue weighted by Gasteiger charge is 2.22. The third kappa shape index (κ3) is 5.04. The molecule has 12 aromatic rings. The lowest BCUT2D eigenvalue weighted by Crippen LogP contribution is -2.00. The number of furan rings is 2. The lowest BCUT2D eigenvalue weighted by atomic mass is 9.92. The van der Waals surface area contributed by atoms with Crippen molar-refractivity contribution in [2.24, 2.45) is 0 Å². The molecule has 0 aliphatic rings. The number of thiophene rings is 1. The molecule has 0 atom stereocenters. The number of para-hydroxylation sites is 2. The molecule has 6 heteroatoms. The summed E-state index contributed by atoms with van der Waals surface area (Å²) in [6.07, 6.45) is 0. The van der Waals surface area contributed by atoms with Gasteiger partial charge in [0.2, 0.25) is 0 Å². The second-order valence-electron chi connectivity index (χ2n) is 14.3. The van der Waals surface area contributed by atoms with Gasteiger partial charge >= 0.3 is 0 Å². The van der Waals surface area contributed by atoms with Crippen molar-refractivity contribution in [2.75, 3.05) is 0 Å². The van der Waals surface area contributed by atoms with Crippen molar-refractivity contribution >= 4 is 75.4 Å². The van der Waals surface area contributed by atoms with Gasteiger partial charge in [-0.25, -0.2) is 15.0 Å². The number of nitrogens with zero attached hydrogens (tertiary/aromatic N) is 3. The van der Waals surface area contributed by atoms with Crippen molar-refractivity contribution in [2.45, 2.75) is 0 Å². The van der Waals surface area contributed by atoms with Gasteiger partial charge in [-0.2, -0.15) is 0 Å². The van der Waals surface area contributed by atoms with Gasteiger partial charge in [0.1, 0.15) is 22.3 Å². The van der Waals surface area contributed by atoms with Crippen molar-refractivity contribution < 1.29 is 8.83 Å². The summed E-state index contributed by atoms with van der Waals surface area (Å²) in [4.78, 5) is 14.8. The maximum atomic E-state index is 6.85. The molecular formula is C51H29N3O2S. The molecule has 0 bridgehead atoms. The molecule has 0 saturated carbocycles. The molecule has 0 spiro atoms. The van der Waals surface area contributed by atoms with Crippen LogP contribution in [0.25, 0.3) is 120 Å². The Bertz CT molecular complexity index is 3470. The molecule has 4 heterocycles. The number of aromatic nitrogens is 3. The summed E-state index contributed by atoms with van der Waals surface area (Å²) in [5.41, 5.74) is 10.3. The lowest BCUT2D eigenvalue weighted by Gasteiger charge is -2.10. The fourth-order valence-corrected chi connectivity index (χ4v) is 9.48. The van der Waals surface area contributed by atoms with E-state index >= 15 is 0 Å². The first-order valence-electron chi connectivity index (χ1n) is 18.9. The molecule has 0 aliphatic carbocycles. The molecule has 0 fully saturated rings. The van der Waals surface area contributed by atoms with E-state index in [0.717, 1.165) is 77.3 Å². The van der Waals surface area contributed by atoms with E-state index in [1.807, 2.05) is 84.1 Å². The second-order valence-corrected chi connectivity index (χ2v) is 15.4. The first-order chi connectivity index (χ1) is 28.2. The highest BCUT2D eigenvalue weighted by Crippen LogP contribution is 2.47. The van der Waals surface area contributed by atoms with Gasteiger partial charge in [0.05, 0.1) is 0 Å². The highest BCUT2D eigenvalue weighted by molar-refractivity contribution is 7.25. The zero-order valence-electron chi connectivity index (χ0n) is 30.3. The van der Waals surface area contributed by atoms with E-state index in [1.54, 1.807) is 0 Å². The van der Waals surface area contributed by atoms with Gasteiger partial charge in [0, 0.05) is 69.5 Å². The monoisotopic (exact) mass is 747 g/mol. The minimum absolute atomic E-state index is 0.582. The van der Waals surface area contributed by atoms with Gasteiger partial charge in [-0.1, -0.05) is 140 Å². The normalized spacial score (nSPS) is 11.9. The molecule has 0 radical (unpaired) electrons. The Labute approximate surface area is 330 Å². The third-order valence-electron chi connectivity index (χ3n) is 11.0. The summed E-state index contributed by atoms with van der Waals surface area (Å²) >= 11 is 1.84. The molecule has 57 heavy (non-hydrogen) atoms. The Morgan fingerprint density at radius 1 is 0.333 bits per heavy atom. The lowest BCUT2D eigenvalue weighted by molar-refractivity contribution is 0.665. The van der Waals surface area contributed by atoms with Crippen LogP contribution < -0.4 is 0 Å². The zero-order valence-corrected chi connectivity index (χ0v) is 31.1. The fourth-order valence-electron chi connectivity index (χ4n) is 8.35. The van der Waals surface area contributed by atoms with E-state index in [0.29, 0.717) is 17.5 Å². The minimum Gasteiger partial charge on any atom is -0.455 e. The Morgan fingerprint density at radius 2 is 0.895 bits per heavy atom. The molecule has 8 aromatic carbocycles. The molecule has 0 saturated heterocycles. The summed E-state index contributed by atoms with van der Waals surface area (Å²) in [5, 5.41) is 6.78. The standard InChI is InChI=1S/C51H29N3O2S/c1-3-13-30(14-4-1)49-52-50(31-15-5-2-6-16-31)54-51(53-49)32-25-26-33-36-20-11-21-37(47(36)56-42(33)29-32)38-28-27-35(46-39-17-7-9-22-41(39)55-48(38)46)34-19-12-24-44-45(34)40-18-8-10-23-43(40)57-44/h1-29H. The van der Waals surface area contributed by atoms with Crippen LogP contribution in [-0.2, 0) is 0 Å². The molecule has 0 amide bonds. The maximum absolute atomic E-state index is 6.85. The van der Waals surface area contributed by atoms with Crippen LogP contribution in [0.3, 0.4) is 0 Å². The van der Waals surface area contributed by atoms with Gasteiger partial charge in [0.25, 0.3) is 0 Å². The largest absolute Gasteiger partial charge is 0.455 e. The fraction of sp³-hybridized carbons (Fsp3) is 0. The first-order valence-corrected chi connectivity index (χ1v) is 19.7. The second kappa shape index (κ2) is 12.6. The third-order valence-corrected chi connectivity index (χ3v) is 12.1. The Morgan fingerprint density at radius 3 is 1.68 bits per heavy atom. The average Bonchev–Trinajstić information content (AvgIpc) is 3.98. The Kier molecular flexibility index (Phi) is 7.03. The van der Waals surface area contributed by atoms with E-state index in [9.17, 15) is 0 Å². The highest BCUT2D eigenvalue weighted by atomic mass is 32.1. The van der Waals surface area contributed by atoms with Crippen molar-refractivity contribution in [1.29, 1.82) is 0 Å². The van der Waals surface area contributed by atoms with Crippen LogP contribution in [0, 0.1) is 0 Å². The molecule has 266 valence electrons. The molecular weight excluding hydrogens is 719 g/mol. The summed E-state index contributed by atoms with van der Waals surface area (Å²) in [7, 11) is 0. The summed E-state index contributed by atoms with van der Waals surface area (Å²) in [6, 6.07) is 60.8. The smallest absolute Gasteiger partial charge is 0.164 e. The Balaban J connectivity index is 1.05. The average molecular weight is 748 g/mol. The predicted molar refractivity (Wildman–Crippen MR) is 234 cm³/mol.